The summed E-state index contributed by atoms with van der Waals surface area (Å²) < 4.78 is 14.2. The number of aromatic nitrogens is 1. The minimum absolute atomic E-state index is 0.142. The van der Waals surface area contributed by atoms with E-state index in [1.54, 1.807) is 6.20 Å². The number of aryl methyl sites for hydroxylation is 1. The Morgan fingerprint density at radius 1 is 1.60 bits per heavy atom. The second-order valence-electron chi connectivity index (χ2n) is 2.42. The molecule has 0 saturated heterocycles. The molecular weight excluding hydrogens is 129 g/mol. The van der Waals surface area contributed by atoms with E-state index in [1.165, 1.54) is 12.3 Å². The molecule has 1 heterocycles. The predicted molar refractivity (Wildman–Crippen MR) is 39.3 cm³/mol. The standard InChI is InChI=1S/C8H12FN/c1-2-3-5-10-6-4-8(9)7-10/h4,6-7H,2-3,5H2,1H3. The van der Waals surface area contributed by atoms with Crippen LogP contribution in [0.4, 0.5) is 4.39 Å². The molecule has 1 aromatic heterocycles. The number of halogens is 1. The van der Waals surface area contributed by atoms with E-state index in [1.807, 2.05) is 4.57 Å². The van der Waals surface area contributed by atoms with Crippen LogP contribution >= 0.6 is 0 Å². The van der Waals surface area contributed by atoms with Gasteiger partial charge in [0.2, 0.25) is 0 Å². The van der Waals surface area contributed by atoms with E-state index < -0.39 is 0 Å². The topological polar surface area (TPSA) is 4.93 Å². The van der Waals surface area contributed by atoms with Gasteiger partial charge in [0.25, 0.3) is 0 Å². The van der Waals surface area contributed by atoms with Crippen molar-refractivity contribution >= 4 is 0 Å². The van der Waals surface area contributed by atoms with Crippen molar-refractivity contribution in [2.24, 2.45) is 0 Å². The number of hydrogen-bond acceptors (Lipinski definition) is 0. The largest absolute Gasteiger partial charge is 0.351 e. The van der Waals surface area contributed by atoms with Gasteiger partial charge in [-0.2, -0.15) is 0 Å². The second-order valence-corrected chi connectivity index (χ2v) is 2.42. The molecule has 0 aliphatic heterocycles. The van der Waals surface area contributed by atoms with Crippen LogP contribution in [0.2, 0.25) is 0 Å². The van der Waals surface area contributed by atoms with Gasteiger partial charge in [-0.1, -0.05) is 13.3 Å². The van der Waals surface area contributed by atoms with Gasteiger partial charge in [0, 0.05) is 18.9 Å². The molecule has 0 atom stereocenters. The van der Waals surface area contributed by atoms with Gasteiger partial charge in [0.1, 0.15) is 5.82 Å². The van der Waals surface area contributed by atoms with Gasteiger partial charge in [-0.05, 0) is 12.5 Å². The van der Waals surface area contributed by atoms with E-state index in [4.69, 9.17) is 0 Å². The van der Waals surface area contributed by atoms with Crippen molar-refractivity contribution in [2.45, 2.75) is 26.3 Å². The van der Waals surface area contributed by atoms with Crippen molar-refractivity contribution in [3.63, 3.8) is 0 Å². The molecule has 2 heteroatoms. The first-order valence-electron chi connectivity index (χ1n) is 3.64. The van der Waals surface area contributed by atoms with Crippen molar-refractivity contribution in [2.75, 3.05) is 0 Å². The SMILES string of the molecule is CCCCn1ccc(F)c1. The minimum atomic E-state index is -0.142. The number of hydrogen-bond donors (Lipinski definition) is 0. The maximum Gasteiger partial charge on any atom is 0.140 e. The van der Waals surface area contributed by atoms with Gasteiger partial charge in [-0.15, -0.1) is 0 Å². The van der Waals surface area contributed by atoms with Gasteiger partial charge in [-0.3, -0.25) is 0 Å². The third-order valence-corrected chi connectivity index (χ3v) is 1.48. The second kappa shape index (κ2) is 3.40. The van der Waals surface area contributed by atoms with Crippen LogP contribution in [0, 0.1) is 5.82 Å². The van der Waals surface area contributed by atoms with Crippen molar-refractivity contribution in [3.8, 4) is 0 Å². The van der Waals surface area contributed by atoms with Gasteiger partial charge in [0.05, 0.1) is 0 Å². The molecule has 0 bridgehead atoms. The molecule has 0 saturated carbocycles. The molecule has 0 amide bonds. The Morgan fingerprint density at radius 2 is 2.40 bits per heavy atom. The summed E-state index contributed by atoms with van der Waals surface area (Å²) in [7, 11) is 0. The maximum atomic E-state index is 12.3. The van der Waals surface area contributed by atoms with E-state index in [-0.39, 0.29) is 5.82 Å². The molecule has 0 fully saturated rings. The lowest BCUT2D eigenvalue weighted by Gasteiger charge is -1.97. The summed E-state index contributed by atoms with van der Waals surface area (Å²) >= 11 is 0. The monoisotopic (exact) mass is 141 g/mol. The molecule has 0 aromatic carbocycles. The first-order valence-corrected chi connectivity index (χ1v) is 3.64. The van der Waals surface area contributed by atoms with Gasteiger partial charge in [-0.25, -0.2) is 4.39 Å². The molecule has 0 N–H and O–H groups in total. The zero-order chi connectivity index (χ0) is 7.40. The quantitative estimate of drug-likeness (QED) is 0.609. The summed E-state index contributed by atoms with van der Waals surface area (Å²) in [5.74, 6) is -0.142. The Balaban J connectivity index is 2.42. The number of rotatable bonds is 3. The molecule has 0 aliphatic carbocycles. The molecule has 1 rings (SSSR count). The Labute approximate surface area is 60.5 Å². The Morgan fingerprint density at radius 3 is 2.90 bits per heavy atom. The molecular formula is C8H12FN. The Kier molecular flexibility index (Phi) is 2.49. The highest BCUT2D eigenvalue weighted by atomic mass is 19.1. The van der Waals surface area contributed by atoms with E-state index in [0.717, 1.165) is 19.4 Å². The molecule has 0 unspecified atom stereocenters. The van der Waals surface area contributed by atoms with Gasteiger partial charge >= 0.3 is 0 Å². The lowest BCUT2D eigenvalue weighted by atomic mass is 10.3. The van der Waals surface area contributed by atoms with Crippen LogP contribution in [0.3, 0.4) is 0 Å². The van der Waals surface area contributed by atoms with Crippen LogP contribution < -0.4 is 0 Å². The summed E-state index contributed by atoms with van der Waals surface area (Å²) in [6.07, 6.45) is 5.56. The minimum Gasteiger partial charge on any atom is -0.351 e. The molecule has 0 radical (unpaired) electrons. The predicted octanol–water partition coefficient (Wildman–Crippen LogP) is 2.43. The fourth-order valence-electron chi connectivity index (χ4n) is 0.891. The van der Waals surface area contributed by atoms with Crippen molar-refractivity contribution in [1.29, 1.82) is 0 Å². The first kappa shape index (κ1) is 7.32. The zero-order valence-corrected chi connectivity index (χ0v) is 6.18. The fourth-order valence-corrected chi connectivity index (χ4v) is 0.891. The molecule has 1 aromatic rings. The van der Waals surface area contributed by atoms with E-state index in [2.05, 4.69) is 6.92 Å². The molecule has 0 spiro atoms. The van der Waals surface area contributed by atoms with Gasteiger partial charge in [0.15, 0.2) is 0 Å². The average Bonchev–Trinajstić information content (AvgIpc) is 2.31. The average molecular weight is 141 g/mol. The molecule has 10 heavy (non-hydrogen) atoms. The van der Waals surface area contributed by atoms with E-state index in [0.29, 0.717) is 0 Å². The van der Waals surface area contributed by atoms with E-state index in [9.17, 15) is 4.39 Å². The number of unbranched alkanes of at least 4 members (excludes halogenated alkanes) is 1. The third-order valence-electron chi connectivity index (χ3n) is 1.48. The lowest BCUT2D eigenvalue weighted by molar-refractivity contribution is 0.598. The summed E-state index contributed by atoms with van der Waals surface area (Å²) in [6, 6.07) is 1.48. The van der Waals surface area contributed by atoms with Crippen molar-refractivity contribution < 1.29 is 4.39 Å². The summed E-state index contributed by atoms with van der Waals surface area (Å²) in [6.45, 7) is 3.06. The Bertz CT molecular complexity index is 193. The molecule has 0 aliphatic rings. The highest BCUT2D eigenvalue weighted by Gasteiger charge is 1.92. The third kappa shape index (κ3) is 1.87. The first-order chi connectivity index (χ1) is 4.83. The van der Waals surface area contributed by atoms with Crippen molar-refractivity contribution in [3.05, 3.63) is 24.3 Å². The van der Waals surface area contributed by atoms with Crippen LogP contribution in [0.5, 0.6) is 0 Å². The normalized spacial score (nSPS) is 10.2. The zero-order valence-electron chi connectivity index (χ0n) is 6.18. The lowest BCUT2D eigenvalue weighted by Crippen LogP contribution is -1.92. The van der Waals surface area contributed by atoms with Crippen LogP contribution in [0.25, 0.3) is 0 Å². The summed E-state index contributed by atoms with van der Waals surface area (Å²) in [5, 5.41) is 0. The number of nitrogens with zero attached hydrogens (tertiary/aromatic N) is 1. The van der Waals surface area contributed by atoms with Crippen LogP contribution in [-0.2, 0) is 6.54 Å². The van der Waals surface area contributed by atoms with E-state index >= 15 is 0 Å². The van der Waals surface area contributed by atoms with Crippen LogP contribution in [0.1, 0.15) is 19.8 Å². The molecule has 56 valence electrons. The van der Waals surface area contributed by atoms with Gasteiger partial charge < -0.3 is 4.57 Å². The fraction of sp³-hybridized carbons (Fsp3) is 0.500. The highest BCUT2D eigenvalue weighted by Crippen LogP contribution is 2.00. The van der Waals surface area contributed by atoms with Crippen LogP contribution in [-0.4, -0.2) is 4.57 Å². The molecule has 1 nitrogen and oxygen atoms in total. The summed E-state index contributed by atoms with van der Waals surface area (Å²) in [4.78, 5) is 0. The highest BCUT2D eigenvalue weighted by molar-refractivity contribution is 4.94. The summed E-state index contributed by atoms with van der Waals surface area (Å²) in [5.41, 5.74) is 0. The maximum absolute atomic E-state index is 12.3. The smallest absolute Gasteiger partial charge is 0.140 e. The van der Waals surface area contributed by atoms with Crippen molar-refractivity contribution in [1.82, 2.24) is 4.57 Å². The Hall–Kier alpha value is -0.790. The van der Waals surface area contributed by atoms with Crippen LogP contribution in [0.15, 0.2) is 18.5 Å².